The Balaban J connectivity index is 1.71. The van der Waals surface area contributed by atoms with Crippen molar-refractivity contribution >= 4 is 34.6 Å². The number of fused-ring (bicyclic) bond motifs is 1. The lowest BCUT2D eigenvalue weighted by Crippen LogP contribution is -2.22. The zero-order chi connectivity index (χ0) is 20.9. The van der Waals surface area contributed by atoms with Crippen molar-refractivity contribution in [1.82, 2.24) is 5.32 Å². The maximum absolute atomic E-state index is 12.9. The van der Waals surface area contributed by atoms with Gasteiger partial charge in [-0.15, -0.1) is 0 Å². The molecule has 0 saturated heterocycles. The van der Waals surface area contributed by atoms with Gasteiger partial charge in [0.2, 0.25) is 5.91 Å². The first-order chi connectivity index (χ1) is 14.7. The van der Waals surface area contributed by atoms with Gasteiger partial charge in [-0.1, -0.05) is 60.1 Å². The molecule has 1 aliphatic heterocycles. The second-order valence-electron chi connectivity index (χ2n) is 7.15. The summed E-state index contributed by atoms with van der Waals surface area (Å²) in [5.41, 5.74) is 10.7. The summed E-state index contributed by atoms with van der Waals surface area (Å²) in [6, 6.07) is 23.3. The van der Waals surface area contributed by atoms with Gasteiger partial charge in [0.15, 0.2) is 0 Å². The summed E-state index contributed by atoms with van der Waals surface area (Å²) in [7, 11) is 0. The van der Waals surface area contributed by atoms with Gasteiger partial charge in [-0.25, -0.2) is 0 Å². The number of aliphatic imine (C=N–C) groups is 1. The van der Waals surface area contributed by atoms with Crippen molar-refractivity contribution in [3.63, 3.8) is 0 Å². The Morgan fingerprint density at radius 3 is 2.57 bits per heavy atom. The molecule has 0 saturated carbocycles. The topological polar surface area (TPSA) is 79.5 Å². The van der Waals surface area contributed by atoms with Crippen LogP contribution >= 0.6 is 11.6 Å². The third kappa shape index (κ3) is 4.44. The maximum Gasteiger partial charge on any atom is 0.238 e. The number of nitrogens with one attached hydrogen (secondary N) is 2. The van der Waals surface area contributed by atoms with E-state index in [4.69, 9.17) is 22.3 Å². The highest BCUT2D eigenvalue weighted by atomic mass is 35.5. The average Bonchev–Trinajstić information content (AvgIpc) is 3.08. The number of benzene rings is 3. The number of amides is 1. The largest absolute Gasteiger partial charge is 0.329 e. The van der Waals surface area contributed by atoms with Crippen LogP contribution in [0.15, 0.2) is 77.8 Å². The van der Waals surface area contributed by atoms with E-state index in [1.807, 2.05) is 60.7 Å². The minimum atomic E-state index is -0.495. The number of nitrogens with zero attached hydrogens (tertiary/aromatic N) is 1. The second-order valence-corrected chi connectivity index (χ2v) is 7.59. The van der Waals surface area contributed by atoms with E-state index in [1.54, 1.807) is 12.1 Å². The molecule has 4 N–H and O–H groups in total. The van der Waals surface area contributed by atoms with Crippen LogP contribution < -0.4 is 16.4 Å². The van der Waals surface area contributed by atoms with Crippen molar-refractivity contribution in [1.29, 1.82) is 0 Å². The molecule has 0 aromatic heterocycles. The third-order valence-electron chi connectivity index (χ3n) is 5.03. The molecule has 0 fully saturated rings. The molecule has 4 rings (SSSR count). The minimum Gasteiger partial charge on any atom is -0.329 e. The lowest BCUT2D eigenvalue weighted by atomic mass is 9.90. The van der Waals surface area contributed by atoms with Crippen molar-refractivity contribution in [2.24, 2.45) is 10.7 Å². The summed E-state index contributed by atoms with van der Waals surface area (Å²) < 4.78 is 0. The Bertz CT molecular complexity index is 1060. The van der Waals surface area contributed by atoms with E-state index in [-0.39, 0.29) is 5.91 Å². The third-order valence-corrected chi connectivity index (χ3v) is 5.26. The standard InChI is InChI=1S/C24H23ClN4O/c25-18-8-11-20-21(14-18)29-24(30)22(20)23(17-4-2-1-3-5-17)28-19-9-6-16(7-10-19)15-27-13-12-26/h1-11,14,22,27H,12-13,15,26H2,(H,29,30). The van der Waals surface area contributed by atoms with Gasteiger partial charge in [0, 0.05) is 30.3 Å². The predicted octanol–water partition coefficient (Wildman–Crippen LogP) is 4.25. The highest BCUT2D eigenvalue weighted by Crippen LogP contribution is 2.37. The molecule has 3 aromatic rings. The highest BCUT2D eigenvalue weighted by Gasteiger charge is 2.35. The van der Waals surface area contributed by atoms with E-state index in [1.165, 1.54) is 0 Å². The van der Waals surface area contributed by atoms with Gasteiger partial charge in [0.25, 0.3) is 0 Å². The fourth-order valence-corrected chi connectivity index (χ4v) is 3.75. The van der Waals surface area contributed by atoms with Crippen molar-refractivity contribution in [3.05, 3.63) is 94.5 Å². The molecule has 1 unspecified atom stereocenters. The number of halogens is 1. The number of carbonyl (C=O) groups is 1. The molecule has 0 bridgehead atoms. The van der Waals surface area contributed by atoms with Crippen LogP contribution in [0.1, 0.15) is 22.6 Å². The number of hydrogen-bond acceptors (Lipinski definition) is 4. The van der Waals surface area contributed by atoms with Gasteiger partial charge in [-0.2, -0.15) is 0 Å². The van der Waals surface area contributed by atoms with Crippen LogP contribution in [-0.2, 0) is 11.3 Å². The number of rotatable bonds is 7. The summed E-state index contributed by atoms with van der Waals surface area (Å²) in [5.74, 6) is -0.594. The first-order valence-corrected chi connectivity index (χ1v) is 10.3. The van der Waals surface area contributed by atoms with E-state index in [9.17, 15) is 4.79 Å². The zero-order valence-electron chi connectivity index (χ0n) is 16.4. The lowest BCUT2D eigenvalue weighted by molar-refractivity contribution is -0.115. The Morgan fingerprint density at radius 2 is 1.83 bits per heavy atom. The molecule has 0 spiro atoms. The van der Waals surface area contributed by atoms with E-state index in [0.29, 0.717) is 17.3 Å². The minimum absolute atomic E-state index is 0.0996. The smallest absolute Gasteiger partial charge is 0.238 e. The van der Waals surface area contributed by atoms with E-state index >= 15 is 0 Å². The Labute approximate surface area is 181 Å². The molecular weight excluding hydrogens is 396 g/mol. The SMILES string of the molecule is NCCNCc1ccc(N=C(c2ccccc2)C2C(=O)Nc3cc(Cl)ccc32)cc1. The molecule has 152 valence electrons. The summed E-state index contributed by atoms with van der Waals surface area (Å²) in [6.45, 7) is 2.14. The van der Waals surface area contributed by atoms with Crippen LogP contribution in [0, 0.1) is 0 Å². The summed E-state index contributed by atoms with van der Waals surface area (Å²) in [5, 5.41) is 6.81. The van der Waals surface area contributed by atoms with Crippen molar-refractivity contribution in [2.45, 2.75) is 12.5 Å². The molecular formula is C24H23ClN4O. The normalized spacial score (nSPS) is 15.7. The number of nitrogens with two attached hydrogens (primary N) is 1. The van der Waals surface area contributed by atoms with Crippen LogP contribution in [0.2, 0.25) is 5.02 Å². The van der Waals surface area contributed by atoms with Gasteiger partial charge >= 0.3 is 0 Å². The monoisotopic (exact) mass is 418 g/mol. The molecule has 5 nitrogen and oxygen atoms in total. The quantitative estimate of drug-likeness (QED) is 0.396. The highest BCUT2D eigenvalue weighted by molar-refractivity contribution is 6.31. The Morgan fingerprint density at radius 1 is 1.07 bits per heavy atom. The van der Waals surface area contributed by atoms with Gasteiger partial charge in [0.1, 0.15) is 5.92 Å². The maximum atomic E-state index is 12.9. The van der Waals surface area contributed by atoms with E-state index < -0.39 is 5.92 Å². The summed E-state index contributed by atoms with van der Waals surface area (Å²) >= 11 is 6.11. The van der Waals surface area contributed by atoms with Crippen LogP contribution in [0.25, 0.3) is 0 Å². The molecule has 0 radical (unpaired) electrons. The fraction of sp³-hybridized carbons (Fsp3) is 0.167. The van der Waals surface area contributed by atoms with Crippen molar-refractivity contribution in [3.8, 4) is 0 Å². The molecule has 1 aliphatic rings. The van der Waals surface area contributed by atoms with Gasteiger partial charge in [0.05, 0.1) is 11.4 Å². The number of hydrogen-bond donors (Lipinski definition) is 3. The van der Waals surface area contributed by atoms with Crippen molar-refractivity contribution < 1.29 is 4.79 Å². The average molecular weight is 419 g/mol. The first kappa shape index (κ1) is 20.3. The second kappa shape index (κ2) is 9.22. The van der Waals surface area contributed by atoms with Gasteiger partial charge in [-0.3, -0.25) is 9.79 Å². The molecule has 1 atom stereocenters. The first-order valence-electron chi connectivity index (χ1n) is 9.90. The van der Waals surface area contributed by atoms with Crippen molar-refractivity contribution in [2.75, 3.05) is 18.4 Å². The van der Waals surface area contributed by atoms with Gasteiger partial charge in [-0.05, 0) is 41.0 Å². The molecule has 30 heavy (non-hydrogen) atoms. The van der Waals surface area contributed by atoms with E-state index in [0.717, 1.165) is 41.2 Å². The molecule has 3 aromatic carbocycles. The molecule has 1 heterocycles. The lowest BCUT2D eigenvalue weighted by Gasteiger charge is -2.14. The van der Waals surface area contributed by atoms with Crippen LogP contribution in [0.5, 0.6) is 0 Å². The number of anilines is 1. The van der Waals surface area contributed by atoms with Crippen LogP contribution in [0.4, 0.5) is 11.4 Å². The Hall–Kier alpha value is -2.99. The molecule has 6 heteroatoms. The molecule has 1 amide bonds. The zero-order valence-corrected chi connectivity index (χ0v) is 17.2. The van der Waals surface area contributed by atoms with Crippen LogP contribution in [-0.4, -0.2) is 24.7 Å². The Kier molecular flexibility index (Phi) is 6.23. The molecule has 0 aliphatic carbocycles. The fourth-order valence-electron chi connectivity index (χ4n) is 3.57. The summed E-state index contributed by atoms with van der Waals surface area (Å²) in [6.07, 6.45) is 0. The number of carbonyl (C=O) groups excluding carboxylic acids is 1. The van der Waals surface area contributed by atoms with Crippen LogP contribution in [0.3, 0.4) is 0 Å². The summed E-state index contributed by atoms with van der Waals surface area (Å²) in [4.78, 5) is 17.8. The van der Waals surface area contributed by atoms with E-state index in [2.05, 4.69) is 10.6 Å². The van der Waals surface area contributed by atoms with Gasteiger partial charge < -0.3 is 16.4 Å². The predicted molar refractivity (Wildman–Crippen MR) is 123 cm³/mol.